The average Bonchev–Trinajstić information content (AvgIpc) is 3.19. The van der Waals surface area contributed by atoms with Gasteiger partial charge in [-0.25, -0.2) is 9.67 Å². The first-order chi connectivity index (χ1) is 12.4. The maximum absolute atomic E-state index is 13.6. The van der Waals surface area contributed by atoms with Gasteiger partial charge in [-0.3, -0.25) is 9.59 Å². The Morgan fingerprint density at radius 3 is 2.77 bits per heavy atom. The van der Waals surface area contributed by atoms with Gasteiger partial charge in [-0.1, -0.05) is 0 Å². The lowest BCUT2D eigenvalue weighted by molar-refractivity contribution is -0.287. The van der Waals surface area contributed by atoms with Crippen LogP contribution < -0.4 is 9.47 Å². The lowest BCUT2D eigenvalue weighted by Crippen LogP contribution is -2.26. The van der Waals surface area contributed by atoms with Crippen LogP contribution in [-0.4, -0.2) is 32.6 Å². The lowest BCUT2D eigenvalue weighted by Gasteiger charge is -2.18. The average molecular weight is 363 g/mol. The van der Waals surface area contributed by atoms with Crippen molar-refractivity contribution in [1.82, 2.24) is 14.8 Å². The van der Waals surface area contributed by atoms with E-state index in [0.29, 0.717) is 0 Å². The van der Waals surface area contributed by atoms with Crippen molar-refractivity contribution in [2.75, 3.05) is 0 Å². The smallest absolute Gasteiger partial charge is 0.395 e. The minimum Gasteiger partial charge on any atom is -0.395 e. The van der Waals surface area contributed by atoms with Crippen molar-refractivity contribution in [1.29, 1.82) is 0 Å². The molecule has 7 nitrogen and oxygen atoms in total. The van der Waals surface area contributed by atoms with Crippen LogP contribution in [0.4, 0.5) is 8.78 Å². The molecule has 0 radical (unpaired) electrons. The Bertz CT molecular complexity index is 878. The molecule has 2 heterocycles. The van der Waals surface area contributed by atoms with Gasteiger partial charge >= 0.3 is 6.29 Å². The Balaban J connectivity index is 1.76. The molecule has 1 aliphatic heterocycles. The summed E-state index contributed by atoms with van der Waals surface area (Å²) >= 11 is 0. The first kappa shape index (κ1) is 16.6. The number of aromatic nitrogens is 3. The Labute approximate surface area is 146 Å². The number of nitrogens with zero attached hydrogens (tertiary/aromatic N) is 3. The van der Waals surface area contributed by atoms with Crippen LogP contribution >= 0.6 is 0 Å². The van der Waals surface area contributed by atoms with E-state index < -0.39 is 18.1 Å². The molecule has 0 spiro atoms. The number of halogens is 2. The SMILES string of the molecule is CC(c1c(C(=O)CC(=O)C2CC2)ccc2c1OC(F)(F)O2)n1cncn1. The van der Waals surface area contributed by atoms with Crippen LogP contribution in [0, 0.1) is 5.92 Å². The van der Waals surface area contributed by atoms with Crippen LogP contribution in [0.2, 0.25) is 0 Å². The van der Waals surface area contributed by atoms with E-state index in [1.165, 1.54) is 29.5 Å². The quantitative estimate of drug-likeness (QED) is 0.580. The molecule has 4 rings (SSSR count). The van der Waals surface area contributed by atoms with Gasteiger partial charge in [0.2, 0.25) is 0 Å². The number of hydrogen-bond acceptors (Lipinski definition) is 6. The molecule has 9 heteroatoms. The molecule has 136 valence electrons. The number of rotatable bonds is 6. The number of hydrogen-bond donors (Lipinski definition) is 0. The number of alkyl halides is 2. The third-order valence-electron chi connectivity index (χ3n) is 4.53. The summed E-state index contributed by atoms with van der Waals surface area (Å²) in [6.45, 7) is 1.67. The van der Waals surface area contributed by atoms with E-state index in [9.17, 15) is 18.4 Å². The third kappa shape index (κ3) is 2.93. The second-order valence-corrected chi connectivity index (χ2v) is 6.41. The van der Waals surface area contributed by atoms with Crippen LogP contribution in [0.15, 0.2) is 24.8 Å². The van der Waals surface area contributed by atoms with Gasteiger partial charge in [0.15, 0.2) is 17.3 Å². The van der Waals surface area contributed by atoms with Gasteiger partial charge < -0.3 is 9.47 Å². The summed E-state index contributed by atoms with van der Waals surface area (Å²) in [4.78, 5) is 28.5. The third-order valence-corrected chi connectivity index (χ3v) is 4.53. The van der Waals surface area contributed by atoms with Crippen LogP contribution in [-0.2, 0) is 4.79 Å². The van der Waals surface area contributed by atoms with Crippen molar-refractivity contribution in [2.45, 2.75) is 38.5 Å². The molecule has 1 unspecified atom stereocenters. The van der Waals surface area contributed by atoms with Crippen LogP contribution in [0.3, 0.4) is 0 Å². The molecule has 1 aliphatic carbocycles. The van der Waals surface area contributed by atoms with Gasteiger partial charge in [-0.05, 0) is 31.9 Å². The van der Waals surface area contributed by atoms with Gasteiger partial charge in [0.25, 0.3) is 0 Å². The Hall–Kier alpha value is -2.84. The Morgan fingerprint density at radius 1 is 1.35 bits per heavy atom. The zero-order valence-corrected chi connectivity index (χ0v) is 13.8. The van der Waals surface area contributed by atoms with Crippen molar-refractivity contribution in [3.05, 3.63) is 35.9 Å². The first-order valence-corrected chi connectivity index (χ1v) is 8.18. The number of Topliss-reactive ketones (excluding diaryl/α,β-unsaturated/α-hetero) is 2. The molecule has 0 bridgehead atoms. The van der Waals surface area contributed by atoms with Crippen molar-refractivity contribution in [3.8, 4) is 11.5 Å². The maximum Gasteiger partial charge on any atom is 0.586 e. The highest BCUT2D eigenvalue weighted by Gasteiger charge is 2.46. The zero-order valence-electron chi connectivity index (χ0n) is 13.8. The first-order valence-electron chi connectivity index (χ1n) is 8.18. The predicted molar refractivity (Wildman–Crippen MR) is 83.2 cm³/mol. The van der Waals surface area contributed by atoms with Crippen molar-refractivity contribution < 1.29 is 27.8 Å². The summed E-state index contributed by atoms with van der Waals surface area (Å²) < 4.78 is 37.7. The molecule has 1 aromatic carbocycles. The lowest BCUT2D eigenvalue weighted by atomic mass is 9.94. The molecule has 1 saturated carbocycles. The van der Waals surface area contributed by atoms with Gasteiger partial charge in [-0.2, -0.15) is 5.10 Å². The predicted octanol–water partition coefficient (Wildman–Crippen LogP) is 2.76. The number of ether oxygens (including phenoxy) is 2. The van der Waals surface area contributed by atoms with Gasteiger partial charge in [0.05, 0.1) is 12.5 Å². The second kappa shape index (κ2) is 5.86. The van der Waals surface area contributed by atoms with E-state index >= 15 is 0 Å². The fraction of sp³-hybridized carbons (Fsp3) is 0.412. The fourth-order valence-electron chi connectivity index (χ4n) is 3.04. The highest BCUT2D eigenvalue weighted by Crippen LogP contribution is 2.47. The number of carbonyl (C=O) groups is 2. The zero-order chi connectivity index (χ0) is 18.5. The molecule has 26 heavy (non-hydrogen) atoms. The molecule has 1 aromatic heterocycles. The summed E-state index contributed by atoms with van der Waals surface area (Å²) in [6.07, 6.45) is 0.206. The van der Waals surface area contributed by atoms with Crippen LogP contribution in [0.1, 0.15) is 48.1 Å². The van der Waals surface area contributed by atoms with Gasteiger partial charge in [0, 0.05) is 17.0 Å². The Morgan fingerprint density at radius 2 is 2.12 bits per heavy atom. The summed E-state index contributed by atoms with van der Waals surface area (Å²) in [5.41, 5.74) is 0.334. The second-order valence-electron chi connectivity index (χ2n) is 6.41. The van der Waals surface area contributed by atoms with Crippen LogP contribution in [0.5, 0.6) is 11.5 Å². The normalized spacial score (nSPS) is 18.6. The number of ketones is 2. The monoisotopic (exact) mass is 363 g/mol. The molecule has 0 amide bonds. The number of fused-ring (bicyclic) bond motifs is 1. The summed E-state index contributed by atoms with van der Waals surface area (Å²) in [5.74, 6) is -1.01. The summed E-state index contributed by atoms with van der Waals surface area (Å²) in [6, 6.07) is 2.01. The summed E-state index contributed by atoms with van der Waals surface area (Å²) in [7, 11) is 0. The molecule has 0 N–H and O–H groups in total. The van der Waals surface area contributed by atoms with E-state index in [0.717, 1.165) is 12.8 Å². The molecule has 1 fully saturated rings. The fourth-order valence-corrected chi connectivity index (χ4v) is 3.04. The highest BCUT2D eigenvalue weighted by atomic mass is 19.3. The number of carbonyl (C=O) groups excluding carboxylic acids is 2. The minimum absolute atomic E-state index is 0.0616. The summed E-state index contributed by atoms with van der Waals surface area (Å²) in [5, 5.41) is 4.00. The molecular weight excluding hydrogens is 348 g/mol. The van der Waals surface area contributed by atoms with Crippen molar-refractivity contribution in [2.24, 2.45) is 5.92 Å². The van der Waals surface area contributed by atoms with Crippen LogP contribution in [0.25, 0.3) is 0 Å². The van der Waals surface area contributed by atoms with E-state index in [2.05, 4.69) is 19.6 Å². The highest BCUT2D eigenvalue weighted by molar-refractivity contribution is 6.10. The van der Waals surface area contributed by atoms with Gasteiger partial charge in [-0.15, -0.1) is 8.78 Å². The maximum atomic E-state index is 13.6. The van der Waals surface area contributed by atoms with E-state index in [-0.39, 0.29) is 40.7 Å². The molecule has 1 atom stereocenters. The van der Waals surface area contributed by atoms with E-state index in [1.54, 1.807) is 6.92 Å². The van der Waals surface area contributed by atoms with Gasteiger partial charge in [0.1, 0.15) is 18.4 Å². The van der Waals surface area contributed by atoms with E-state index in [4.69, 9.17) is 0 Å². The molecular formula is C17H15F2N3O4. The van der Waals surface area contributed by atoms with Crippen molar-refractivity contribution in [3.63, 3.8) is 0 Å². The van der Waals surface area contributed by atoms with Crippen molar-refractivity contribution >= 4 is 11.6 Å². The minimum atomic E-state index is -3.81. The molecule has 2 aromatic rings. The largest absolute Gasteiger partial charge is 0.586 e. The standard InChI is InChI=1S/C17H15F2N3O4/c1-9(22-8-20-7-21-22)15-11(13(24)6-12(23)10-2-3-10)4-5-14-16(15)26-17(18,19)25-14/h4-5,7-10H,2-3,6H2,1H3. The topological polar surface area (TPSA) is 83.3 Å². The molecule has 2 aliphatic rings. The number of benzene rings is 1. The van der Waals surface area contributed by atoms with E-state index in [1.807, 2.05) is 0 Å². The molecule has 0 saturated heterocycles. The Kier molecular flexibility index (Phi) is 3.74.